The fourth-order valence-electron chi connectivity index (χ4n) is 2.27. The summed E-state index contributed by atoms with van der Waals surface area (Å²) in [7, 11) is 0. The van der Waals surface area contributed by atoms with E-state index in [0.29, 0.717) is 0 Å². The molecule has 0 N–H and O–H groups in total. The normalized spacial score (nSPS) is 11.2. The lowest BCUT2D eigenvalue weighted by Crippen LogP contribution is -1.87. The van der Waals surface area contributed by atoms with Gasteiger partial charge in [0, 0.05) is 11.6 Å². The van der Waals surface area contributed by atoms with E-state index >= 15 is 0 Å². The lowest BCUT2D eigenvalue weighted by atomic mass is 10.2. The Morgan fingerprint density at radius 1 is 0.850 bits per heavy atom. The molecule has 0 aliphatic carbocycles. The van der Waals surface area contributed by atoms with Crippen molar-refractivity contribution >= 4 is 33.9 Å². The molecule has 0 fully saturated rings. The van der Waals surface area contributed by atoms with Crippen LogP contribution in [0, 0.1) is 0 Å². The molecule has 2 heterocycles. The summed E-state index contributed by atoms with van der Waals surface area (Å²) in [6, 6.07) is 18.4. The van der Waals surface area contributed by atoms with Crippen molar-refractivity contribution in [3.05, 3.63) is 67.1 Å². The number of imidazole rings is 1. The fourth-order valence-corrected chi connectivity index (χ4v) is 3.22. The molecule has 4 heteroatoms. The lowest BCUT2D eigenvalue weighted by Gasteiger charge is -2.06. The van der Waals surface area contributed by atoms with Crippen molar-refractivity contribution in [3.8, 4) is 0 Å². The first-order valence-corrected chi connectivity index (χ1v) is 7.13. The van der Waals surface area contributed by atoms with E-state index in [2.05, 4.69) is 44.3 Å². The molecule has 2 aromatic carbocycles. The van der Waals surface area contributed by atoms with E-state index in [-0.39, 0.29) is 0 Å². The van der Waals surface area contributed by atoms with E-state index in [1.54, 1.807) is 11.9 Å². The number of pyridine rings is 1. The van der Waals surface area contributed by atoms with E-state index in [9.17, 15) is 0 Å². The van der Waals surface area contributed by atoms with Crippen molar-refractivity contribution < 1.29 is 0 Å². The zero-order chi connectivity index (χ0) is 13.4. The number of benzene rings is 2. The smallest absolute Gasteiger partial charge is 0.106 e. The average molecular weight is 277 g/mol. The molecule has 3 nitrogen and oxygen atoms in total. The number of hydrogen-bond donors (Lipinski definition) is 0. The summed E-state index contributed by atoms with van der Waals surface area (Å²) in [5, 5.41) is 1.15. The minimum absolute atomic E-state index is 1.01. The minimum atomic E-state index is 1.01. The number of hydrogen-bond acceptors (Lipinski definition) is 3. The van der Waals surface area contributed by atoms with Crippen LogP contribution in [0.1, 0.15) is 0 Å². The maximum atomic E-state index is 4.49. The quantitative estimate of drug-likeness (QED) is 0.551. The molecule has 2 aromatic heterocycles. The summed E-state index contributed by atoms with van der Waals surface area (Å²) < 4.78 is 2.08. The average Bonchev–Trinajstić information content (AvgIpc) is 2.91. The van der Waals surface area contributed by atoms with Crippen LogP contribution in [-0.4, -0.2) is 13.9 Å². The molecule has 0 aliphatic rings. The van der Waals surface area contributed by atoms with Crippen LogP contribution in [-0.2, 0) is 0 Å². The van der Waals surface area contributed by atoms with Gasteiger partial charge in [0.2, 0.25) is 0 Å². The van der Waals surface area contributed by atoms with E-state index in [1.165, 1.54) is 0 Å². The van der Waals surface area contributed by atoms with Crippen molar-refractivity contribution in [1.29, 1.82) is 0 Å². The fraction of sp³-hybridized carbons (Fsp3) is 0. The zero-order valence-electron chi connectivity index (χ0n) is 10.6. The predicted octanol–water partition coefficient (Wildman–Crippen LogP) is 4.14. The first-order valence-electron chi connectivity index (χ1n) is 6.36. The molecule has 0 amide bonds. The molecular formula is C16H11N3S. The van der Waals surface area contributed by atoms with Gasteiger partial charge in [-0.15, -0.1) is 0 Å². The van der Waals surface area contributed by atoms with Gasteiger partial charge in [-0.2, -0.15) is 0 Å². The van der Waals surface area contributed by atoms with E-state index in [1.807, 2.05) is 36.8 Å². The van der Waals surface area contributed by atoms with Crippen molar-refractivity contribution in [1.82, 2.24) is 13.9 Å². The van der Waals surface area contributed by atoms with Crippen molar-refractivity contribution in [2.24, 2.45) is 0 Å². The largest absolute Gasteiger partial charge is 0.268 e. The summed E-state index contributed by atoms with van der Waals surface area (Å²) in [6.45, 7) is 0. The van der Waals surface area contributed by atoms with Gasteiger partial charge in [-0.25, -0.2) is 4.98 Å². The highest BCUT2D eigenvalue weighted by molar-refractivity contribution is 7.98. The maximum Gasteiger partial charge on any atom is 0.106 e. The van der Waals surface area contributed by atoms with Gasteiger partial charge in [0.15, 0.2) is 0 Å². The standard InChI is InChI=1S/C16H11N3S/c1-2-8-14-13(7-1)18-11-19(14)20-15-9-3-5-12-6-4-10-17-16(12)15/h1-11H. The van der Waals surface area contributed by atoms with Gasteiger partial charge >= 0.3 is 0 Å². The van der Waals surface area contributed by atoms with Crippen LogP contribution >= 0.6 is 11.9 Å². The summed E-state index contributed by atoms with van der Waals surface area (Å²) in [6.07, 6.45) is 3.69. The molecule has 0 atom stereocenters. The zero-order valence-corrected chi connectivity index (χ0v) is 11.4. The van der Waals surface area contributed by atoms with Gasteiger partial charge in [0.25, 0.3) is 0 Å². The Hall–Kier alpha value is -2.33. The summed E-state index contributed by atoms with van der Waals surface area (Å²) >= 11 is 1.64. The van der Waals surface area contributed by atoms with Crippen molar-refractivity contribution in [2.45, 2.75) is 4.90 Å². The number of para-hydroxylation sites is 3. The molecule has 20 heavy (non-hydrogen) atoms. The van der Waals surface area contributed by atoms with Crippen molar-refractivity contribution in [3.63, 3.8) is 0 Å². The monoisotopic (exact) mass is 277 g/mol. The summed E-state index contributed by atoms with van der Waals surface area (Å²) in [5.41, 5.74) is 3.15. The molecule has 0 saturated carbocycles. The van der Waals surface area contributed by atoms with Crippen molar-refractivity contribution in [2.75, 3.05) is 0 Å². The molecule has 0 aliphatic heterocycles. The molecule has 4 rings (SSSR count). The number of rotatable bonds is 2. The number of nitrogens with zero attached hydrogens (tertiary/aromatic N) is 3. The van der Waals surface area contributed by atoms with Crippen LogP contribution in [0.15, 0.2) is 72.0 Å². The van der Waals surface area contributed by atoms with Crippen LogP contribution in [0.5, 0.6) is 0 Å². The van der Waals surface area contributed by atoms with Crippen LogP contribution in [0.25, 0.3) is 21.9 Å². The first-order chi connectivity index (χ1) is 9.92. The highest BCUT2D eigenvalue weighted by Gasteiger charge is 2.06. The third kappa shape index (κ3) is 1.85. The summed E-state index contributed by atoms with van der Waals surface area (Å²) in [5.74, 6) is 0. The molecule has 0 bridgehead atoms. The van der Waals surface area contributed by atoms with Gasteiger partial charge in [-0.3, -0.25) is 8.96 Å². The van der Waals surface area contributed by atoms with Crippen LogP contribution in [0.2, 0.25) is 0 Å². The molecule has 96 valence electrons. The van der Waals surface area contributed by atoms with E-state index in [0.717, 1.165) is 26.8 Å². The minimum Gasteiger partial charge on any atom is -0.268 e. The molecule has 0 saturated heterocycles. The van der Waals surface area contributed by atoms with Crippen LogP contribution < -0.4 is 0 Å². The summed E-state index contributed by atoms with van der Waals surface area (Å²) in [4.78, 5) is 10.0. The van der Waals surface area contributed by atoms with Gasteiger partial charge in [-0.1, -0.05) is 30.3 Å². The molecule has 0 spiro atoms. The topological polar surface area (TPSA) is 30.7 Å². The SMILES string of the molecule is c1cnc2c(Sn3cnc4ccccc43)cccc2c1. The Balaban J connectivity index is 1.85. The molecule has 4 aromatic rings. The second-order valence-electron chi connectivity index (χ2n) is 4.48. The van der Waals surface area contributed by atoms with E-state index in [4.69, 9.17) is 0 Å². The molecule has 0 unspecified atom stereocenters. The Kier molecular flexibility index (Phi) is 2.67. The third-order valence-corrected chi connectivity index (χ3v) is 4.23. The Morgan fingerprint density at radius 2 is 1.75 bits per heavy atom. The highest BCUT2D eigenvalue weighted by atomic mass is 32.2. The third-order valence-electron chi connectivity index (χ3n) is 3.21. The molecular weight excluding hydrogens is 266 g/mol. The lowest BCUT2D eigenvalue weighted by molar-refractivity contribution is 1.25. The predicted molar refractivity (Wildman–Crippen MR) is 82.7 cm³/mol. The van der Waals surface area contributed by atoms with Gasteiger partial charge in [0.05, 0.1) is 21.4 Å². The number of fused-ring (bicyclic) bond motifs is 2. The first kappa shape index (κ1) is 11.5. The number of aromatic nitrogens is 3. The van der Waals surface area contributed by atoms with E-state index < -0.39 is 0 Å². The van der Waals surface area contributed by atoms with Crippen LogP contribution in [0.4, 0.5) is 0 Å². The van der Waals surface area contributed by atoms with Gasteiger partial charge in [-0.05, 0) is 36.2 Å². The second kappa shape index (κ2) is 4.65. The Labute approximate surface area is 120 Å². The molecule has 0 radical (unpaired) electrons. The highest BCUT2D eigenvalue weighted by Crippen LogP contribution is 2.29. The Bertz CT molecular complexity index is 893. The van der Waals surface area contributed by atoms with Crippen LogP contribution in [0.3, 0.4) is 0 Å². The second-order valence-corrected chi connectivity index (χ2v) is 5.50. The Morgan fingerprint density at radius 3 is 2.75 bits per heavy atom. The van der Waals surface area contributed by atoms with Gasteiger partial charge in [0.1, 0.15) is 6.33 Å². The maximum absolute atomic E-state index is 4.49. The van der Waals surface area contributed by atoms with Gasteiger partial charge < -0.3 is 0 Å².